The van der Waals surface area contributed by atoms with Gasteiger partial charge in [-0.1, -0.05) is 13.3 Å². The molecule has 2 saturated carbocycles. The first-order chi connectivity index (χ1) is 9.78. The second kappa shape index (κ2) is 4.34. The molecule has 1 heterocycles. The fraction of sp³-hybridized carbons (Fsp3) is 0.529. The summed E-state index contributed by atoms with van der Waals surface area (Å²) < 4.78 is 2.48. The van der Waals surface area contributed by atoms with Crippen LogP contribution >= 0.6 is 0 Å². The summed E-state index contributed by atoms with van der Waals surface area (Å²) in [6.45, 7) is 2.36. The monoisotopic (exact) mass is 265 g/mol. The van der Waals surface area contributed by atoms with Crippen LogP contribution < -0.4 is 0 Å². The van der Waals surface area contributed by atoms with Crippen molar-refractivity contribution in [3.63, 3.8) is 0 Å². The number of hydrogen-bond acceptors (Lipinski definition) is 2. The van der Waals surface area contributed by atoms with Crippen molar-refractivity contribution in [3.8, 4) is 6.07 Å². The number of rotatable bonds is 2. The molecule has 0 radical (unpaired) electrons. The highest BCUT2D eigenvalue weighted by atomic mass is 15.1. The molecule has 0 saturated heterocycles. The number of aromatic nitrogens is 2. The van der Waals surface area contributed by atoms with Gasteiger partial charge >= 0.3 is 0 Å². The summed E-state index contributed by atoms with van der Waals surface area (Å²) in [5, 5.41) is 9.06. The van der Waals surface area contributed by atoms with Gasteiger partial charge < -0.3 is 4.57 Å². The minimum Gasteiger partial charge on any atom is -0.325 e. The van der Waals surface area contributed by atoms with Crippen LogP contribution in [0.5, 0.6) is 0 Å². The van der Waals surface area contributed by atoms with Gasteiger partial charge in [0.2, 0.25) is 0 Å². The molecule has 2 atom stereocenters. The van der Waals surface area contributed by atoms with Gasteiger partial charge in [0.25, 0.3) is 0 Å². The predicted molar refractivity (Wildman–Crippen MR) is 78.5 cm³/mol. The van der Waals surface area contributed by atoms with E-state index in [9.17, 15) is 0 Å². The Hall–Kier alpha value is -1.82. The maximum Gasteiger partial charge on any atom is 0.113 e. The maximum atomic E-state index is 9.06. The summed E-state index contributed by atoms with van der Waals surface area (Å²) in [6, 6.07) is 8.82. The molecule has 0 N–H and O–H groups in total. The zero-order valence-corrected chi connectivity index (χ0v) is 11.8. The third kappa shape index (κ3) is 1.75. The van der Waals surface area contributed by atoms with E-state index in [1.165, 1.54) is 43.4 Å². The van der Waals surface area contributed by atoms with Crippen LogP contribution in [0.1, 0.15) is 62.4 Å². The second-order valence-corrected chi connectivity index (χ2v) is 6.40. The Morgan fingerprint density at radius 1 is 1.25 bits per heavy atom. The van der Waals surface area contributed by atoms with Gasteiger partial charge in [-0.05, 0) is 49.8 Å². The average Bonchev–Trinajstić information content (AvgIpc) is 3.10. The Bertz CT molecular complexity index is 703. The summed E-state index contributed by atoms with van der Waals surface area (Å²) in [7, 11) is 0. The largest absolute Gasteiger partial charge is 0.325 e. The zero-order chi connectivity index (χ0) is 13.7. The van der Waals surface area contributed by atoms with Crippen molar-refractivity contribution in [1.82, 2.24) is 9.55 Å². The molecule has 20 heavy (non-hydrogen) atoms. The quantitative estimate of drug-likeness (QED) is 0.818. The summed E-state index contributed by atoms with van der Waals surface area (Å²) in [5.74, 6) is 2.62. The Labute approximate surface area is 119 Å². The number of imidazole rings is 1. The van der Waals surface area contributed by atoms with E-state index >= 15 is 0 Å². The number of hydrogen-bond donors (Lipinski definition) is 0. The molecule has 102 valence electrons. The molecule has 0 aliphatic heterocycles. The van der Waals surface area contributed by atoms with Crippen LogP contribution in [0.25, 0.3) is 11.0 Å². The number of nitrogens with zero attached hydrogens (tertiary/aromatic N) is 3. The highest BCUT2D eigenvalue weighted by Crippen LogP contribution is 2.45. The van der Waals surface area contributed by atoms with E-state index < -0.39 is 0 Å². The third-order valence-electron chi connectivity index (χ3n) is 4.95. The van der Waals surface area contributed by atoms with Crippen LogP contribution in [0.3, 0.4) is 0 Å². The number of fused-ring (bicyclic) bond motifs is 1. The molecule has 2 aliphatic rings. The molecule has 2 aromatic rings. The van der Waals surface area contributed by atoms with Gasteiger partial charge in [0.05, 0.1) is 22.7 Å². The van der Waals surface area contributed by atoms with Crippen molar-refractivity contribution in [2.75, 3.05) is 0 Å². The first-order valence-corrected chi connectivity index (χ1v) is 7.70. The summed E-state index contributed by atoms with van der Waals surface area (Å²) in [6.07, 6.45) is 6.46. The summed E-state index contributed by atoms with van der Waals surface area (Å²) in [4.78, 5) is 4.93. The predicted octanol–water partition coefficient (Wildman–Crippen LogP) is 4.15. The molecule has 2 unspecified atom stereocenters. The van der Waals surface area contributed by atoms with E-state index in [1.807, 2.05) is 12.1 Å². The van der Waals surface area contributed by atoms with Crippen LogP contribution in [0, 0.1) is 17.2 Å². The molecule has 3 heteroatoms. The van der Waals surface area contributed by atoms with E-state index in [4.69, 9.17) is 10.2 Å². The summed E-state index contributed by atoms with van der Waals surface area (Å²) in [5.41, 5.74) is 2.94. The lowest BCUT2D eigenvalue weighted by molar-refractivity contribution is 0.488. The van der Waals surface area contributed by atoms with Crippen LogP contribution in [0.15, 0.2) is 18.2 Å². The molecule has 0 amide bonds. The molecular formula is C17H19N3. The third-order valence-corrected chi connectivity index (χ3v) is 4.95. The van der Waals surface area contributed by atoms with Gasteiger partial charge in [0.1, 0.15) is 5.82 Å². The van der Waals surface area contributed by atoms with Gasteiger partial charge in [-0.2, -0.15) is 5.26 Å². The summed E-state index contributed by atoms with van der Waals surface area (Å²) >= 11 is 0. The van der Waals surface area contributed by atoms with Crippen molar-refractivity contribution >= 4 is 11.0 Å². The standard InChI is InChI=1S/C17H19N3/c1-11-3-2-4-14(11)17-19-15-9-12(10-18)5-8-16(15)20(17)13-6-7-13/h5,8-9,11,13-14H,2-4,6-7H2,1H3. The molecular weight excluding hydrogens is 246 g/mol. The molecule has 1 aromatic heterocycles. The Morgan fingerprint density at radius 3 is 2.75 bits per heavy atom. The zero-order valence-electron chi connectivity index (χ0n) is 11.8. The van der Waals surface area contributed by atoms with Gasteiger partial charge in [-0.15, -0.1) is 0 Å². The normalized spacial score (nSPS) is 26.0. The minimum absolute atomic E-state index is 0.605. The van der Waals surface area contributed by atoms with Gasteiger partial charge in [0.15, 0.2) is 0 Å². The number of nitriles is 1. The van der Waals surface area contributed by atoms with Crippen molar-refractivity contribution < 1.29 is 0 Å². The van der Waals surface area contributed by atoms with E-state index in [-0.39, 0.29) is 0 Å². The van der Waals surface area contributed by atoms with Crippen molar-refractivity contribution in [3.05, 3.63) is 29.6 Å². The highest BCUT2D eigenvalue weighted by Gasteiger charge is 2.34. The van der Waals surface area contributed by atoms with E-state index in [0.29, 0.717) is 17.5 Å². The van der Waals surface area contributed by atoms with E-state index in [1.54, 1.807) is 0 Å². The molecule has 1 aromatic carbocycles. The first kappa shape index (κ1) is 12.0. The average molecular weight is 265 g/mol. The Morgan fingerprint density at radius 2 is 2.10 bits per heavy atom. The lowest BCUT2D eigenvalue weighted by Gasteiger charge is -2.17. The molecule has 0 spiro atoms. The molecule has 4 rings (SSSR count). The highest BCUT2D eigenvalue weighted by molar-refractivity contribution is 5.78. The lowest BCUT2D eigenvalue weighted by atomic mass is 9.97. The SMILES string of the molecule is CC1CCCC1c1nc2cc(C#N)ccc2n1C1CC1. The Balaban J connectivity index is 1.90. The fourth-order valence-corrected chi connectivity index (χ4v) is 3.69. The van der Waals surface area contributed by atoms with Crippen LogP contribution in [0.2, 0.25) is 0 Å². The van der Waals surface area contributed by atoms with Crippen LogP contribution in [-0.4, -0.2) is 9.55 Å². The van der Waals surface area contributed by atoms with Gasteiger partial charge in [-0.3, -0.25) is 0 Å². The second-order valence-electron chi connectivity index (χ2n) is 6.40. The smallest absolute Gasteiger partial charge is 0.113 e. The van der Waals surface area contributed by atoms with Crippen molar-refractivity contribution in [2.45, 2.75) is 51.0 Å². The van der Waals surface area contributed by atoms with Crippen LogP contribution in [0.4, 0.5) is 0 Å². The van der Waals surface area contributed by atoms with Gasteiger partial charge in [-0.25, -0.2) is 4.98 Å². The van der Waals surface area contributed by atoms with E-state index in [0.717, 1.165) is 11.4 Å². The molecule has 2 aliphatic carbocycles. The number of benzene rings is 1. The molecule has 3 nitrogen and oxygen atoms in total. The lowest BCUT2D eigenvalue weighted by Crippen LogP contribution is -2.10. The van der Waals surface area contributed by atoms with Gasteiger partial charge in [0, 0.05) is 12.0 Å². The van der Waals surface area contributed by atoms with Crippen molar-refractivity contribution in [1.29, 1.82) is 5.26 Å². The first-order valence-electron chi connectivity index (χ1n) is 7.70. The Kier molecular flexibility index (Phi) is 2.60. The topological polar surface area (TPSA) is 41.6 Å². The maximum absolute atomic E-state index is 9.06. The minimum atomic E-state index is 0.605. The van der Waals surface area contributed by atoms with Crippen molar-refractivity contribution in [2.24, 2.45) is 5.92 Å². The fourth-order valence-electron chi connectivity index (χ4n) is 3.69. The van der Waals surface area contributed by atoms with E-state index in [2.05, 4.69) is 23.6 Å². The molecule has 2 fully saturated rings. The van der Waals surface area contributed by atoms with Crippen LogP contribution in [-0.2, 0) is 0 Å². The molecule has 0 bridgehead atoms.